The Morgan fingerprint density at radius 1 is 1.23 bits per heavy atom. The molecule has 0 saturated carbocycles. The summed E-state index contributed by atoms with van der Waals surface area (Å²) in [6.07, 6.45) is 3.56. The van der Waals surface area contributed by atoms with Gasteiger partial charge in [-0.25, -0.2) is 4.68 Å². The van der Waals surface area contributed by atoms with Crippen LogP contribution in [0.5, 0.6) is 0 Å². The number of aromatic nitrogens is 3. The van der Waals surface area contributed by atoms with Crippen LogP contribution in [0.2, 0.25) is 5.02 Å². The van der Waals surface area contributed by atoms with Crippen molar-refractivity contribution in [2.24, 2.45) is 0 Å². The van der Waals surface area contributed by atoms with Crippen LogP contribution in [0.1, 0.15) is 24.1 Å². The molecule has 0 spiro atoms. The normalized spacial score (nSPS) is 15.6. The maximum Gasteiger partial charge on any atom is 0.226 e. The molecule has 2 aromatic carbocycles. The number of rotatable bonds is 3. The molecule has 1 unspecified atom stereocenters. The van der Waals surface area contributed by atoms with Crippen molar-refractivity contribution >= 4 is 34.8 Å². The lowest BCUT2D eigenvalue weighted by molar-refractivity contribution is -0.114. The second-order valence-electron chi connectivity index (χ2n) is 5.96. The molecule has 0 bridgehead atoms. The van der Waals surface area contributed by atoms with Gasteiger partial charge < -0.3 is 10.6 Å². The summed E-state index contributed by atoms with van der Waals surface area (Å²) in [6.45, 7) is 1.49. The molecule has 0 aliphatic carbocycles. The number of hydrogen-bond acceptors (Lipinski definition) is 4. The second kappa shape index (κ2) is 6.65. The average Bonchev–Trinajstić information content (AvgIpc) is 3.10. The Hall–Kier alpha value is -3.12. The molecular formula is C19H16ClN5O. The fourth-order valence-corrected chi connectivity index (χ4v) is 3.25. The molecule has 26 heavy (non-hydrogen) atoms. The van der Waals surface area contributed by atoms with Crippen LogP contribution in [0.4, 0.5) is 11.6 Å². The highest BCUT2D eigenvalue weighted by Gasteiger charge is 2.24. The predicted molar refractivity (Wildman–Crippen MR) is 102 cm³/mol. The monoisotopic (exact) mass is 365 g/mol. The average molecular weight is 366 g/mol. The molecule has 2 heterocycles. The summed E-state index contributed by atoms with van der Waals surface area (Å²) >= 11 is 6.41. The van der Waals surface area contributed by atoms with Crippen LogP contribution >= 0.6 is 11.6 Å². The summed E-state index contributed by atoms with van der Waals surface area (Å²) in [5.74, 6) is 0.527. The molecular weight excluding hydrogens is 350 g/mol. The van der Waals surface area contributed by atoms with Crippen LogP contribution in [0.25, 0.3) is 5.70 Å². The van der Waals surface area contributed by atoms with E-state index < -0.39 is 0 Å². The third-order valence-corrected chi connectivity index (χ3v) is 4.47. The van der Waals surface area contributed by atoms with E-state index in [9.17, 15) is 4.79 Å². The third kappa shape index (κ3) is 3.07. The highest BCUT2D eigenvalue weighted by atomic mass is 35.5. The Morgan fingerprint density at radius 3 is 2.88 bits per heavy atom. The molecule has 1 aliphatic rings. The van der Waals surface area contributed by atoms with E-state index in [1.807, 2.05) is 48.5 Å². The number of allylic oxidation sites excluding steroid dienone is 1. The van der Waals surface area contributed by atoms with E-state index in [4.69, 9.17) is 11.6 Å². The van der Waals surface area contributed by atoms with Crippen molar-refractivity contribution in [3.8, 4) is 0 Å². The number of nitrogens with one attached hydrogen (secondary N) is 2. The van der Waals surface area contributed by atoms with Gasteiger partial charge in [-0.3, -0.25) is 4.79 Å². The quantitative estimate of drug-likeness (QED) is 0.737. The lowest BCUT2D eigenvalue weighted by Gasteiger charge is -2.25. The van der Waals surface area contributed by atoms with Crippen molar-refractivity contribution in [3.05, 3.63) is 77.1 Å². The minimum atomic E-state index is -0.179. The van der Waals surface area contributed by atoms with Crippen LogP contribution in [-0.2, 0) is 4.79 Å². The first kappa shape index (κ1) is 16.4. The van der Waals surface area contributed by atoms with Gasteiger partial charge in [0, 0.05) is 23.3 Å². The smallest absolute Gasteiger partial charge is 0.226 e. The van der Waals surface area contributed by atoms with E-state index >= 15 is 0 Å². The Bertz CT molecular complexity index is 1010. The number of hydrogen-bond donors (Lipinski definition) is 2. The van der Waals surface area contributed by atoms with Gasteiger partial charge in [0.15, 0.2) is 0 Å². The molecule has 1 aliphatic heterocycles. The summed E-state index contributed by atoms with van der Waals surface area (Å²) in [5, 5.41) is 11.1. The molecule has 6 nitrogen and oxygen atoms in total. The number of carbonyl (C=O) groups is 1. The summed E-state index contributed by atoms with van der Waals surface area (Å²) in [4.78, 5) is 15.6. The number of anilines is 2. The first-order valence-corrected chi connectivity index (χ1v) is 8.50. The fourth-order valence-electron chi connectivity index (χ4n) is 3.01. The summed E-state index contributed by atoms with van der Waals surface area (Å²) in [7, 11) is 0. The highest BCUT2D eigenvalue weighted by Crippen LogP contribution is 2.35. The van der Waals surface area contributed by atoms with Crippen LogP contribution < -0.4 is 10.6 Å². The number of halogens is 1. The van der Waals surface area contributed by atoms with Crippen molar-refractivity contribution in [1.29, 1.82) is 0 Å². The minimum absolute atomic E-state index is 0.110. The van der Waals surface area contributed by atoms with Crippen LogP contribution in [0, 0.1) is 0 Å². The van der Waals surface area contributed by atoms with Gasteiger partial charge in [0.05, 0.1) is 0 Å². The van der Waals surface area contributed by atoms with Crippen LogP contribution in [-0.4, -0.2) is 20.7 Å². The zero-order valence-electron chi connectivity index (χ0n) is 14.0. The zero-order valence-corrected chi connectivity index (χ0v) is 14.7. The fraction of sp³-hybridized carbons (Fsp3) is 0.105. The largest absolute Gasteiger partial charge is 0.326 e. The molecule has 1 amide bonds. The van der Waals surface area contributed by atoms with Crippen molar-refractivity contribution in [1.82, 2.24) is 14.8 Å². The maximum atomic E-state index is 11.3. The Labute approximate surface area is 155 Å². The zero-order chi connectivity index (χ0) is 18.1. The SMILES string of the molecule is CC(=O)Nc1cccc(C2=CC(c3ccccc3Cl)n3ncnc3N2)c1. The third-order valence-electron chi connectivity index (χ3n) is 4.13. The van der Waals surface area contributed by atoms with Crippen molar-refractivity contribution < 1.29 is 4.79 Å². The predicted octanol–water partition coefficient (Wildman–Crippen LogP) is 3.95. The van der Waals surface area contributed by atoms with Crippen molar-refractivity contribution in [3.63, 3.8) is 0 Å². The number of fused-ring (bicyclic) bond motifs is 1. The van der Waals surface area contributed by atoms with Crippen LogP contribution in [0.3, 0.4) is 0 Å². The molecule has 1 atom stereocenters. The first-order valence-electron chi connectivity index (χ1n) is 8.12. The van der Waals surface area contributed by atoms with Gasteiger partial charge in [-0.1, -0.05) is 41.9 Å². The number of amides is 1. The maximum absolute atomic E-state index is 11.3. The molecule has 0 fully saturated rings. The highest BCUT2D eigenvalue weighted by molar-refractivity contribution is 6.31. The van der Waals surface area contributed by atoms with E-state index in [2.05, 4.69) is 26.8 Å². The van der Waals surface area contributed by atoms with E-state index in [0.29, 0.717) is 11.0 Å². The molecule has 1 aromatic heterocycles. The molecule has 7 heteroatoms. The molecule has 0 radical (unpaired) electrons. The lowest BCUT2D eigenvalue weighted by atomic mass is 10.0. The topological polar surface area (TPSA) is 71.8 Å². The molecule has 4 rings (SSSR count). The second-order valence-corrected chi connectivity index (χ2v) is 6.37. The van der Waals surface area contributed by atoms with Gasteiger partial charge in [0.1, 0.15) is 12.4 Å². The Kier molecular flexibility index (Phi) is 4.18. The van der Waals surface area contributed by atoms with E-state index in [1.54, 1.807) is 4.68 Å². The molecule has 3 aromatic rings. The summed E-state index contributed by atoms with van der Waals surface area (Å²) in [6, 6.07) is 15.1. The standard InChI is InChI=1S/C19H16ClN5O/c1-12(26)23-14-6-4-5-13(9-14)17-10-18(15-7-2-3-8-16(15)20)25-19(24-17)21-11-22-25/h2-11,18H,1H3,(H,23,26)(H,21,22,24). The van der Waals surface area contributed by atoms with E-state index in [1.165, 1.54) is 13.3 Å². The van der Waals surface area contributed by atoms with Gasteiger partial charge in [0.2, 0.25) is 11.9 Å². The molecule has 2 N–H and O–H groups in total. The van der Waals surface area contributed by atoms with E-state index in [0.717, 1.165) is 22.5 Å². The molecule has 0 saturated heterocycles. The van der Waals surface area contributed by atoms with Gasteiger partial charge in [-0.15, -0.1) is 0 Å². The Morgan fingerprint density at radius 2 is 2.08 bits per heavy atom. The van der Waals surface area contributed by atoms with Gasteiger partial charge in [0.25, 0.3) is 0 Å². The Balaban J connectivity index is 1.78. The number of benzene rings is 2. The van der Waals surface area contributed by atoms with Crippen molar-refractivity contribution in [2.45, 2.75) is 13.0 Å². The minimum Gasteiger partial charge on any atom is -0.326 e. The lowest BCUT2D eigenvalue weighted by Crippen LogP contribution is -2.20. The van der Waals surface area contributed by atoms with Crippen molar-refractivity contribution in [2.75, 3.05) is 10.6 Å². The first-order chi connectivity index (χ1) is 12.6. The van der Waals surface area contributed by atoms with Gasteiger partial charge in [-0.2, -0.15) is 10.1 Å². The van der Waals surface area contributed by atoms with Gasteiger partial charge >= 0.3 is 0 Å². The molecule has 130 valence electrons. The van der Waals surface area contributed by atoms with Gasteiger partial charge in [-0.05, 0) is 35.4 Å². The van der Waals surface area contributed by atoms with E-state index in [-0.39, 0.29) is 11.9 Å². The number of nitrogens with zero attached hydrogens (tertiary/aromatic N) is 3. The summed E-state index contributed by atoms with van der Waals surface area (Å²) < 4.78 is 1.79. The number of carbonyl (C=O) groups excluding carboxylic acids is 1. The summed E-state index contributed by atoms with van der Waals surface area (Å²) in [5.41, 5.74) is 3.49. The van der Waals surface area contributed by atoms with Crippen LogP contribution in [0.15, 0.2) is 60.9 Å².